The van der Waals surface area contributed by atoms with Crippen molar-refractivity contribution >= 4 is 17.7 Å². The molecular formula is C18H20FN3O3S. The molecule has 2 N–H and O–H groups in total. The van der Waals surface area contributed by atoms with Gasteiger partial charge >= 0.3 is 0 Å². The lowest BCUT2D eigenvalue weighted by Gasteiger charge is -2.22. The summed E-state index contributed by atoms with van der Waals surface area (Å²) < 4.78 is 15.2. The van der Waals surface area contributed by atoms with E-state index in [1.165, 1.54) is 24.6 Å². The van der Waals surface area contributed by atoms with Crippen molar-refractivity contribution in [3.05, 3.63) is 46.5 Å². The number of aromatic nitrogens is 2. The van der Waals surface area contributed by atoms with Crippen LogP contribution in [0, 0.1) is 5.82 Å². The van der Waals surface area contributed by atoms with Gasteiger partial charge in [0.25, 0.3) is 5.56 Å². The van der Waals surface area contributed by atoms with E-state index in [1.807, 2.05) is 0 Å². The van der Waals surface area contributed by atoms with Crippen LogP contribution in [0.2, 0.25) is 0 Å². The van der Waals surface area contributed by atoms with E-state index in [9.17, 15) is 19.1 Å². The van der Waals surface area contributed by atoms with Crippen LogP contribution < -0.4 is 10.9 Å². The molecule has 0 saturated heterocycles. The molecule has 0 atom stereocenters. The molecule has 1 aliphatic carbocycles. The van der Waals surface area contributed by atoms with E-state index in [-0.39, 0.29) is 28.5 Å². The van der Waals surface area contributed by atoms with Crippen LogP contribution in [0.15, 0.2) is 40.3 Å². The van der Waals surface area contributed by atoms with Gasteiger partial charge in [-0.25, -0.2) is 4.39 Å². The molecule has 1 aliphatic rings. The molecule has 1 aromatic carbocycles. The zero-order valence-corrected chi connectivity index (χ0v) is 15.0. The number of nitrogens with one attached hydrogen (secondary N) is 1. The monoisotopic (exact) mass is 377 g/mol. The SMILES string of the molecule is O=C(CSc1nc(O)cc(=O)n1-c1ccccc1F)NC1CCCCC1. The largest absolute Gasteiger partial charge is 0.493 e. The molecule has 26 heavy (non-hydrogen) atoms. The molecule has 3 rings (SSSR count). The second-order valence-electron chi connectivity index (χ2n) is 6.21. The molecule has 1 heterocycles. The predicted octanol–water partition coefficient (Wildman–Crippen LogP) is 2.62. The van der Waals surface area contributed by atoms with Gasteiger partial charge in [0.05, 0.1) is 17.5 Å². The van der Waals surface area contributed by atoms with E-state index in [2.05, 4.69) is 10.3 Å². The van der Waals surface area contributed by atoms with Gasteiger partial charge in [-0.15, -0.1) is 0 Å². The first-order valence-corrected chi connectivity index (χ1v) is 9.53. The first kappa shape index (κ1) is 18.4. The van der Waals surface area contributed by atoms with Crippen LogP contribution in [0.4, 0.5) is 4.39 Å². The molecule has 8 heteroatoms. The highest BCUT2D eigenvalue weighted by atomic mass is 32.2. The highest BCUT2D eigenvalue weighted by Crippen LogP contribution is 2.22. The third-order valence-corrected chi connectivity index (χ3v) is 5.21. The number of benzene rings is 1. The van der Waals surface area contributed by atoms with Gasteiger partial charge in [0.15, 0.2) is 5.16 Å². The fraction of sp³-hybridized carbons (Fsp3) is 0.389. The van der Waals surface area contributed by atoms with Gasteiger partial charge in [-0.3, -0.25) is 14.2 Å². The number of nitrogens with zero attached hydrogens (tertiary/aromatic N) is 2. The van der Waals surface area contributed by atoms with Gasteiger partial charge in [-0.2, -0.15) is 4.98 Å². The number of thioether (sulfide) groups is 1. The molecular weight excluding hydrogens is 357 g/mol. The molecule has 0 radical (unpaired) electrons. The minimum absolute atomic E-state index is 0.0280. The summed E-state index contributed by atoms with van der Waals surface area (Å²) in [4.78, 5) is 28.3. The van der Waals surface area contributed by atoms with Crippen molar-refractivity contribution in [2.24, 2.45) is 0 Å². The second-order valence-corrected chi connectivity index (χ2v) is 7.16. The number of hydrogen-bond donors (Lipinski definition) is 2. The zero-order valence-electron chi connectivity index (χ0n) is 14.2. The first-order valence-electron chi connectivity index (χ1n) is 8.55. The summed E-state index contributed by atoms with van der Waals surface area (Å²) in [5.74, 6) is -1.19. The smallest absolute Gasteiger partial charge is 0.262 e. The van der Waals surface area contributed by atoms with Crippen molar-refractivity contribution < 1.29 is 14.3 Å². The summed E-state index contributed by atoms with van der Waals surface area (Å²) in [6.45, 7) is 0. The van der Waals surface area contributed by atoms with Crippen LogP contribution >= 0.6 is 11.8 Å². The molecule has 1 aromatic heterocycles. The maximum absolute atomic E-state index is 14.1. The maximum atomic E-state index is 14.1. The molecule has 0 unspecified atom stereocenters. The number of rotatable bonds is 5. The number of carbonyl (C=O) groups excluding carboxylic acids is 1. The van der Waals surface area contributed by atoms with E-state index < -0.39 is 17.3 Å². The Bertz CT molecular complexity index is 850. The van der Waals surface area contributed by atoms with Crippen molar-refractivity contribution in [3.63, 3.8) is 0 Å². The van der Waals surface area contributed by atoms with Gasteiger partial charge in [0.1, 0.15) is 5.82 Å². The van der Waals surface area contributed by atoms with E-state index in [0.717, 1.165) is 48.1 Å². The predicted molar refractivity (Wildman–Crippen MR) is 97.2 cm³/mol. The van der Waals surface area contributed by atoms with Gasteiger partial charge < -0.3 is 10.4 Å². The van der Waals surface area contributed by atoms with E-state index in [4.69, 9.17) is 0 Å². The van der Waals surface area contributed by atoms with Gasteiger partial charge in [-0.1, -0.05) is 43.2 Å². The highest BCUT2D eigenvalue weighted by Gasteiger charge is 2.18. The zero-order chi connectivity index (χ0) is 18.5. The summed E-state index contributed by atoms with van der Waals surface area (Å²) >= 11 is 0.989. The molecule has 1 fully saturated rings. The third kappa shape index (κ3) is 4.43. The number of hydrogen-bond acceptors (Lipinski definition) is 5. The molecule has 138 valence electrons. The Morgan fingerprint density at radius 2 is 2.04 bits per heavy atom. The van der Waals surface area contributed by atoms with Crippen LogP contribution in [0.5, 0.6) is 5.88 Å². The van der Waals surface area contributed by atoms with Crippen LogP contribution in [-0.2, 0) is 4.79 Å². The number of carbonyl (C=O) groups is 1. The Balaban J connectivity index is 1.78. The number of halogens is 1. The number of para-hydroxylation sites is 1. The van der Waals surface area contributed by atoms with Crippen molar-refractivity contribution in [1.82, 2.24) is 14.9 Å². The summed E-state index contributed by atoms with van der Waals surface area (Å²) in [6.07, 6.45) is 5.36. The lowest BCUT2D eigenvalue weighted by molar-refractivity contribution is -0.119. The standard InChI is InChI=1S/C18H20FN3O3S/c19-13-8-4-5-9-14(13)22-17(25)10-15(23)21-18(22)26-11-16(24)20-12-6-2-1-3-7-12/h4-5,8-10,12,23H,1-3,6-7,11H2,(H,20,24). The van der Waals surface area contributed by atoms with Crippen LogP contribution in [0.25, 0.3) is 5.69 Å². The minimum atomic E-state index is -0.613. The number of aromatic hydroxyl groups is 1. The third-order valence-electron chi connectivity index (χ3n) is 4.27. The van der Waals surface area contributed by atoms with Crippen LogP contribution in [0.3, 0.4) is 0 Å². The Hall–Kier alpha value is -2.35. The molecule has 0 aliphatic heterocycles. The summed E-state index contributed by atoms with van der Waals surface area (Å²) in [5.41, 5.74) is -0.585. The number of amides is 1. The molecule has 0 spiro atoms. The topological polar surface area (TPSA) is 84.2 Å². The van der Waals surface area contributed by atoms with Crippen molar-refractivity contribution in [1.29, 1.82) is 0 Å². The van der Waals surface area contributed by atoms with Crippen molar-refractivity contribution in [2.75, 3.05) is 5.75 Å². The van der Waals surface area contributed by atoms with E-state index >= 15 is 0 Å². The van der Waals surface area contributed by atoms with Crippen molar-refractivity contribution in [3.8, 4) is 11.6 Å². The second kappa shape index (κ2) is 8.35. The summed E-state index contributed by atoms with van der Waals surface area (Å²) in [5, 5.41) is 12.7. The lowest BCUT2D eigenvalue weighted by Crippen LogP contribution is -2.37. The molecule has 2 aromatic rings. The Labute approximate surface area is 154 Å². The summed E-state index contributed by atoms with van der Waals surface area (Å²) in [7, 11) is 0. The maximum Gasteiger partial charge on any atom is 0.262 e. The van der Waals surface area contributed by atoms with E-state index in [0.29, 0.717) is 0 Å². The fourth-order valence-electron chi connectivity index (χ4n) is 3.05. The molecule has 6 nitrogen and oxygen atoms in total. The Morgan fingerprint density at radius 3 is 2.77 bits per heavy atom. The average molecular weight is 377 g/mol. The lowest BCUT2D eigenvalue weighted by atomic mass is 9.95. The van der Waals surface area contributed by atoms with Gasteiger partial charge in [0.2, 0.25) is 11.8 Å². The van der Waals surface area contributed by atoms with Crippen molar-refractivity contribution in [2.45, 2.75) is 43.3 Å². The highest BCUT2D eigenvalue weighted by molar-refractivity contribution is 7.99. The van der Waals surface area contributed by atoms with Crippen LogP contribution in [-0.4, -0.2) is 32.4 Å². The van der Waals surface area contributed by atoms with Gasteiger partial charge in [0, 0.05) is 6.04 Å². The normalized spacial score (nSPS) is 15.0. The minimum Gasteiger partial charge on any atom is -0.493 e. The molecule has 0 bridgehead atoms. The molecule has 1 saturated carbocycles. The Morgan fingerprint density at radius 1 is 1.31 bits per heavy atom. The summed E-state index contributed by atoms with van der Waals surface area (Å²) in [6, 6.07) is 6.89. The Kier molecular flexibility index (Phi) is 5.92. The quantitative estimate of drug-likeness (QED) is 0.618. The molecule has 1 amide bonds. The van der Waals surface area contributed by atoms with E-state index in [1.54, 1.807) is 6.07 Å². The average Bonchev–Trinajstić information content (AvgIpc) is 2.61. The van der Waals surface area contributed by atoms with Crippen LogP contribution in [0.1, 0.15) is 32.1 Å². The first-order chi connectivity index (χ1) is 12.5. The van der Waals surface area contributed by atoms with Gasteiger partial charge in [-0.05, 0) is 25.0 Å². The fourth-order valence-corrected chi connectivity index (χ4v) is 3.87.